The molecule has 0 atom stereocenters. The summed E-state index contributed by atoms with van der Waals surface area (Å²) in [5.41, 5.74) is -0.197. The number of hydrogen-bond acceptors (Lipinski definition) is 2. The van der Waals surface area contributed by atoms with Crippen molar-refractivity contribution in [3.63, 3.8) is 0 Å². The second-order valence-electron chi connectivity index (χ2n) is 2.06. The maximum Gasteiger partial charge on any atom is 0.140 e. The van der Waals surface area contributed by atoms with E-state index in [4.69, 9.17) is 21.2 Å². The minimum Gasteiger partial charge on any atom is -0.233 e. The Bertz CT molecular complexity index is 683. The van der Waals surface area contributed by atoms with Crippen LogP contribution in [0.1, 0.15) is 15.4 Å². The van der Waals surface area contributed by atoms with E-state index in [1.54, 1.807) is 0 Å². The standard InChI is InChI=1S/C9H7ClN2/c1-6-11-8-5-3-2-4-7(8)9(10)12-6/h2-5H,1H3/i1D3,2D,3D,4D,5D. The lowest BCUT2D eigenvalue weighted by molar-refractivity contribution is 1.09. The van der Waals surface area contributed by atoms with Crippen molar-refractivity contribution in [1.29, 1.82) is 0 Å². The van der Waals surface area contributed by atoms with Crippen LogP contribution < -0.4 is 0 Å². The molecule has 1 aromatic heterocycles. The fraction of sp³-hybridized carbons (Fsp3) is 0.111. The van der Waals surface area contributed by atoms with Gasteiger partial charge in [-0.1, -0.05) is 23.7 Å². The molecule has 0 aliphatic carbocycles. The van der Waals surface area contributed by atoms with Crippen molar-refractivity contribution >= 4 is 22.5 Å². The van der Waals surface area contributed by atoms with Gasteiger partial charge in [0, 0.05) is 9.50 Å². The van der Waals surface area contributed by atoms with Crippen LogP contribution in [0.2, 0.25) is 5.15 Å². The van der Waals surface area contributed by atoms with Gasteiger partial charge in [-0.25, -0.2) is 9.97 Å². The summed E-state index contributed by atoms with van der Waals surface area (Å²) in [5, 5.41) is -0.385. The zero-order chi connectivity index (χ0) is 14.5. The number of aryl methyl sites for hydroxylation is 1. The summed E-state index contributed by atoms with van der Waals surface area (Å²) >= 11 is 5.82. The van der Waals surface area contributed by atoms with E-state index in [2.05, 4.69) is 9.97 Å². The molecule has 0 radical (unpaired) electrons. The molecular weight excluding hydrogens is 172 g/mol. The number of halogens is 1. The van der Waals surface area contributed by atoms with Crippen molar-refractivity contribution in [2.24, 2.45) is 0 Å². The SMILES string of the molecule is [2H]c1c([2H])c([2H])c2c(Cl)nc(C([2H])([2H])[2H])nc2c1[2H]. The number of rotatable bonds is 0. The van der Waals surface area contributed by atoms with Crippen molar-refractivity contribution in [2.75, 3.05) is 0 Å². The molecule has 2 aromatic rings. The zero-order valence-corrected chi connectivity index (χ0v) is 6.53. The molecule has 2 nitrogen and oxygen atoms in total. The van der Waals surface area contributed by atoms with Crippen molar-refractivity contribution < 1.29 is 9.60 Å². The summed E-state index contributed by atoms with van der Waals surface area (Å²) in [5.74, 6) is -0.546. The first-order valence-electron chi connectivity index (χ1n) is 6.58. The molecule has 0 spiro atoms. The monoisotopic (exact) mass is 185 g/mol. The largest absolute Gasteiger partial charge is 0.233 e. The average molecular weight is 186 g/mol. The summed E-state index contributed by atoms with van der Waals surface area (Å²) in [6.07, 6.45) is 0. The molecule has 0 saturated heterocycles. The first kappa shape index (κ1) is 2.96. The molecule has 0 aliphatic heterocycles. The van der Waals surface area contributed by atoms with Crippen molar-refractivity contribution in [2.45, 2.75) is 6.85 Å². The molecule has 12 heavy (non-hydrogen) atoms. The van der Waals surface area contributed by atoms with E-state index >= 15 is 0 Å². The van der Waals surface area contributed by atoms with Crippen molar-refractivity contribution in [3.8, 4) is 0 Å². The molecule has 3 heteroatoms. The third-order valence-corrected chi connectivity index (χ3v) is 1.57. The van der Waals surface area contributed by atoms with Gasteiger partial charge >= 0.3 is 0 Å². The molecule has 0 unspecified atom stereocenters. The summed E-state index contributed by atoms with van der Waals surface area (Å²) < 4.78 is 52.1. The van der Waals surface area contributed by atoms with E-state index in [1.165, 1.54) is 0 Å². The van der Waals surface area contributed by atoms with Crippen LogP contribution in [0.5, 0.6) is 0 Å². The maximum atomic E-state index is 7.70. The highest BCUT2D eigenvalue weighted by molar-refractivity contribution is 6.34. The van der Waals surface area contributed by atoms with Crippen LogP contribution >= 0.6 is 11.6 Å². The summed E-state index contributed by atoms with van der Waals surface area (Å²) in [6.45, 7) is -2.60. The quantitative estimate of drug-likeness (QED) is 0.590. The predicted molar refractivity (Wildman–Crippen MR) is 49.3 cm³/mol. The number of benzene rings is 1. The van der Waals surface area contributed by atoms with Gasteiger partial charge in [-0.15, -0.1) is 0 Å². The van der Waals surface area contributed by atoms with Gasteiger partial charge in [-0.05, 0) is 18.9 Å². The number of aromatic nitrogens is 2. The molecule has 0 amide bonds. The molecule has 60 valence electrons. The predicted octanol–water partition coefficient (Wildman–Crippen LogP) is 2.59. The second-order valence-corrected chi connectivity index (χ2v) is 2.42. The zero-order valence-electron chi connectivity index (χ0n) is 12.8. The van der Waals surface area contributed by atoms with Crippen molar-refractivity contribution in [3.05, 3.63) is 35.1 Å². The highest BCUT2D eigenvalue weighted by Gasteiger charge is 2.00. The molecule has 0 fully saturated rings. The molecule has 1 heterocycles. The minimum absolute atomic E-state index is 0.0827. The fourth-order valence-corrected chi connectivity index (χ4v) is 1.04. The highest BCUT2D eigenvalue weighted by atomic mass is 35.5. The average Bonchev–Trinajstić information content (AvgIpc) is 2.31. The molecule has 0 bridgehead atoms. The summed E-state index contributed by atoms with van der Waals surface area (Å²) in [4.78, 5) is 7.29. The van der Waals surface area contributed by atoms with Gasteiger partial charge in [0.05, 0.1) is 11.0 Å². The maximum absolute atomic E-state index is 7.70. The molecule has 0 saturated carbocycles. The molecular formula is C9H7ClN2. The third kappa shape index (κ3) is 1.14. The Balaban J connectivity index is 2.97. The van der Waals surface area contributed by atoms with E-state index in [1.807, 2.05) is 0 Å². The Kier molecular flexibility index (Phi) is 0.671. The topological polar surface area (TPSA) is 25.8 Å². The van der Waals surface area contributed by atoms with Gasteiger partial charge in [0.25, 0.3) is 0 Å². The highest BCUT2D eigenvalue weighted by Crippen LogP contribution is 2.18. The van der Waals surface area contributed by atoms with Gasteiger partial charge in [0.2, 0.25) is 0 Å². The van der Waals surface area contributed by atoms with Gasteiger partial charge in [0.15, 0.2) is 0 Å². The summed E-state index contributed by atoms with van der Waals surface area (Å²) in [6, 6.07) is -1.79. The lowest BCUT2D eigenvalue weighted by Gasteiger charge is -1.99. The van der Waals surface area contributed by atoms with E-state index in [0.717, 1.165) is 0 Å². The fourth-order valence-electron chi connectivity index (χ4n) is 0.819. The lowest BCUT2D eigenvalue weighted by Crippen LogP contribution is -1.89. The Hall–Kier alpha value is -1.15. The van der Waals surface area contributed by atoms with Gasteiger partial charge in [-0.3, -0.25) is 0 Å². The second kappa shape index (κ2) is 2.72. The van der Waals surface area contributed by atoms with E-state index in [9.17, 15) is 0 Å². The summed E-state index contributed by atoms with van der Waals surface area (Å²) in [7, 11) is 0. The van der Waals surface area contributed by atoms with Crippen molar-refractivity contribution in [1.82, 2.24) is 9.97 Å². The van der Waals surface area contributed by atoms with Crippen LogP contribution in [0.25, 0.3) is 10.9 Å². The van der Waals surface area contributed by atoms with E-state index < -0.39 is 36.8 Å². The Morgan fingerprint density at radius 3 is 3.08 bits per heavy atom. The third-order valence-electron chi connectivity index (χ3n) is 1.30. The minimum atomic E-state index is -2.60. The first-order chi connectivity index (χ1) is 8.64. The normalized spacial score (nSPS) is 19.9. The van der Waals surface area contributed by atoms with Gasteiger partial charge < -0.3 is 0 Å². The number of fused-ring (bicyclic) bond motifs is 1. The Morgan fingerprint density at radius 1 is 1.42 bits per heavy atom. The van der Waals surface area contributed by atoms with Crippen LogP contribution in [0, 0.1) is 6.85 Å². The Morgan fingerprint density at radius 2 is 2.25 bits per heavy atom. The van der Waals surface area contributed by atoms with E-state index in [-0.39, 0.29) is 16.1 Å². The Labute approximate surface area is 85.1 Å². The van der Waals surface area contributed by atoms with Crippen LogP contribution in [-0.4, -0.2) is 9.97 Å². The van der Waals surface area contributed by atoms with Crippen LogP contribution in [-0.2, 0) is 0 Å². The van der Waals surface area contributed by atoms with E-state index in [0.29, 0.717) is 0 Å². The van der Waals surface area contributed by atoms with Crippen LogP contribution in [0.15, 0.2) is 24.2 Å². The van der Waals surface area contributed by atoms with Gasteiger partial charge in [0.1, 0.15) is 11.0 Å². The number of hydrogen-bond donors (Lipinski definition) is 0. The van der Waals surface area contributed by atoms with Crippen LogP contribution in [0.4, 0.5) is 0 Å². The first-order valence-corrected chi connectivity index (χ1v) is 3.46. The smallest absolute Gasteiger partial charge is 0.140 e. The molecule has 2 rings (SSSR count). The molecule has 0 aliphatic rings. The van der Waals surface area contributed by atoms with Crippen LogP contribution in [0.3, 0.4) is 0 Å². The van der Waals surface area contributed by atoms with Gasteiger partial charge in [-0.2, -0.15) is 0 Å². The number of nitrogens with zero attached hydrogens (tertiary/aromatic N) is 2. The number of para-hydroxylation sites is 1. The molecule has 0 N–H and O–H groups in total. The lowest BCUT2D eigenvalue weighted by atomic mass is 10.2. The molecule has 1 aromatic carbocycles.